The van der Waals surface area contributed by atoms with E-state index >= 15 is 0 Å². The summed E-state index contributed by atoms with van der Waals surface area (Å²) in [6.07, 6.45) is 2.00. The minimum atomic E-state index is 0.0919. The van der Waals surface area contributed by atoms with Gasteiger partial charge in [0.15, 0.2) is 0 Å². The third-order valence-electron chi connectivity index (χ3n) is 3.24. The van der Waals surface area contributed by atoms with Gasteiger partial charge in [-0.15, -0.1) is 0 Å². The van der Waals surface area contributed by atoms with Crippen molar-refractivity contribution < 1.29 is 4.74 Å². The molecule has 0 aliphatic heterocycles. The molecule has 1 aromatic heterocycles. The summed E-state index contributed by atoms with van der Waals surface area (Å²) in [4.78, 5) is 2.16. The van der Waals surface area contributed by atoms with Gasteiger partial charge < -0.3 is 15.4 Å². The molecule has 6 heteroatoms. The Morgan fingerprint density at radius 1 is 1.41 bits per heavy atom. The predicted molar refractivity (Wildman–Crippen MR) is 90.2 cm³/mol. The second-order valence-electron chi connectivity index (χ2n) is 5.60. The molecule has 2 rings (SSSR count). The summed E-state index contributed by atoms with van der Waals surface area (Å²) < 4.78 is 5.66. The molecule has 0 unspecified atom stereocenters. The van der Waals surface area contributed by atoms with Gasteiger partial charge in [0, 0.05) is 37.0 Å². The number of aromatic nitrogens is 2. The van der Waals surface area contributed by atoms with Crippen molar-refractivity contribution in [3.63, 3.8) is 0 Å². The first-order chi connectivity index (χ1) is 10.5. The van der Waals surface area contributed by atoms with Crippen LogP contribution in [0.2, 0.25) is 5.02 Å². The Balaban J connectivity index is 2.22. The number of hydrogen-bond acceptors (Lipinski definition) is 4. The Bertz CT molecular complexity index is 612. The molecule has 0 aliphatic rings. The molecule has 22 heavy (non-hydrogen) atoms. The van der Waals surface area contributed by atoms with E-state index in [1.165, 1.54) is 0 Å². The number of rotatable bonds is 7. The third kappa shape index (κ3) is 4.22. The van der Waals surface area contributed by atoms with Crippen LogP contribution in [-0.4, -0.2) is 41.3 Å². The van der Waals surface area contributed by atoms with Gasteiger partial charge in [0.2, 0.25) is 0 Å². The molecule has 0 aliphatic carbocycles. The first-order valence-electron chi connectivity index (χ1n) is 7.39. The largest absolute Gasteiger partial charge is 0.489 e. The second kappa shape index (κ2) is 7.63. The molecule has 120 valence electrons. The number of nitrogens with one attached hydrogen (secondary N) is 1. The Hall–Kier alpha value is -1.56. The Morgan fingerprint density at radius 3 is 2.82 bits per heavy atom. The molecule has 0 saturated heterocycles. The van der Waals surface area contributed by atoms with Crippen molar-refractivity contribution in [3.8, 4) is 17.0 Å². The van der Waals surface area contributed by atoms with Crippen LogP contribution in [0.5, 0.6) is 5.75 Å². The molecule has 0 bridgehead atoms. The van der Waals surface area contributed by atoms with Crippen LogP contribution < -0.4 is 10.5 Å². The quantitative estimate of drug-likeness (QED) is 0.822. The maximum Gasteiger partial charge on any atom is 0.138 e. The van der Waals surface area contributed by atoms with Gasteiger partial charge >= 0.3 is 0 Å². The van der Waals surface area contributed by atoms with Crippen molar-refractivity contribution in [1.82, 2.24) is 15.1 Å². The van der Waals surface area contributed by atoms with Crippen LogP contribution in [-0.2, 0) is 6.54 Å². The first kappa shape index (κ1) is 16.8. The Labute approximate surface area is 136 Å². The summed E-state index contributed by atoms with van der Waals surface area (Å²) in [6, 6.07) is 5.76. The standard InChI is InChI=1S/C16H23ClN4O/c1-11(2)22-15-5-4-12(8-14(15)17)16-13(9-19-20-16)10-21(3)7-6-18/h4-5,8-9,11H,6-7,10,18H2,1-3H3,(H,19,20). The highest BCUT2D eigenvalue weighted by Crippen LogP contribution is 2.31. The molecule has 1 aromatic carbocycles. The average Bonchev–Trinajstić information content (AvgIpc) is 2.89. The van der Waals surface area contributed by atoms with E-state index in [4.69, 9.17) is 22.1 Å². The zero-order valence-corrected chi connectivity index (χ0v) is 14.0. The van der Waals surface area contributed by atoms with Gasteiger partial charge in [-0.05, 0) is 39.1 Å². The van der Waals surface area contributed by atoms with Gasteiger partial charge in [0.25, 0.3) is 0 Å². The lowest BCUT2D eigenvalue weighted by atomic mass is 10.1. The topological polar surface area (TPSA) is 67.2 Å². The SMILES string of the molecule is CC(C)Oc1ccc(-c2n[nH]cc2CN(C)CCN)cc1Cl. The van der Waals surface area contributed by atoms with Gasteiger partial charge in [0.05, 0.1) is 16.8 Å². The lowest BCUT2D eigenvalue weighted by molar-refractivity contribution is 0.242. The first-order valence-corrected chi connectivity index (χ1v) is 7.77. The summed E-state index contributed by atoms with van der Waals surface area (Å²) in [7, 11) is 2.04. The summed E-state index contributed by atoms with van der Waals surface area (Å²) in [5.74, 6) is 0.692. The summed E-state index contributed by atoms with van der Waals surface area (Å²) >= 11 is 6.31. The van der Waals surface area contributed by atoms with Gasteiger partial charge in [-0.25, -0.2) is 0 Å². The molecule has 3 N–H and O–H groups in total. The average molecular weight is 323 g/mol. The minimum Gasteiger partial charge on any atom is -0.489 e. The molecule has 0 atom stereocenters. The molecule has 0 saturated carbocycles. The Kier molecular flexibility index (Phi) is 5.83. The van der Waals surface area contributed by atoms with Crippen molar-refractivity contribution in [3.05, 3.63) is 35.0 Å². The van der Waals surface area contributed by atoms with Gasteiger partial charge in [-0.2, -0.15) is 5.10 Å². The zero-order chi connectivity index (χ0) is 16.1. The van der Waals surface area contributed by atoms with E-state index in [1.54, 1.807) is 0 Å². The molecule has 1 heterocycles. The molecule has 0 amide bonds. The molecule has 0 spiro atoms. The molecule has 5 nitrogen and oxygen atoms in total. The van der Waals surface area contributed by atoms with Crippen LogP contribution in [0.25, 0.3) is 11.3 Å². The van der Waals surface area contributed by atoms with Crippen LogP contribution >= 0.6 is 11.6 Å². The number of nitrogens with two attached hydrogens (primary N) is 1. The molecular weight excluding hydrogens is 300 g/mol. The number of nitrogens with zero attached hydrogens (tertiary/aromatic N) is 2. The monoisotopic (exact) mass is 322 g/mol. The maximum atomic E-state index is 6.31. The molecule has 0 fully saturated rings. The summed E-state index contributed by atoms with van der Waals surface area (Å²) in [5, 5.41) is 7.87. The fourth-order valence-electron chi connectivity index (χ4n) is 2.27. The lowest BCUT2D eigenvalue weighted by Crippen LogP contribution is -2.25. The second-order valence-corrected chi connectivity index (χ2v) is 6.00. The third-order valence-corrected chi connectivity index (χ3v) is 3.53. The Morgan fingerprint density at radius 2 is 2.18 bits per heavy atom. The van der Waals surface area contributed by atoms with Crippen molar-refractivity contribution in [1.29, 1.82) is 0 Å². The highest BCUT2D eigenvalue weighted by Gasteiger charge is 2.13. The zero-order valence-electron chi connectivity index (χ0n) is 13.3. The van der Waals surface area contributed by atoms with Gasteiger partial charge in [-0.3, -0.25) is 5.10 Å². The van der Waals surface area contributed by atoms with E-state index in [2.05, 4.69) is 15.1 Å². The van der Waals surface area contributed by atoms with Crippen LogP contribution in [0.4, 0.5) is 0 Å². The van der Waals surface area contributed by atoms with E-state index in [-0.39, 0.29) is 6.10 Å². The van der Waals surface area contributed by atoms with Crippen molar-refractivity contribution in [2.24, 2.45) is 5.73 Å². The fourth-order valence-corrected chi connectivity index (χ4v) is 2.50. The number of hydrogen-bond donors (Lipinski definition) is 2. The lowest BCUT2D eigenvalue weighted by Gasteiger charge is -2.15. The molecular formula is C16H23ClN4O. The van der Waals surface area contributed by atoms with Crippen molar-refractivity contribution in [2.45, 2.75) is 26.5 Å². The number of likely N-dealkylation sites (N-methyl/N-ethyl adjacent to an activating group) is 1. The van der Waals surface area contributed by atoms with Gasteiger partial charge in [-0.1, -0.05) is 11.6 Å². The number of aromatic amines is 1. The van der Waals surface area contributed by atoms with E-state index in [0.717, 1.165) is 29.9 Å². The number of ether oxygens (including phenoxy) is 1. The van der Waals surface area contributed by atoms with Crippen molar-refractivity contribution in [2.75, 3.05) is 20.1 Å². The fraction of sp³-hybridized carbons (Fsp3) is 0.438. The minimum absolute atomic E-state index is 0.0919. The van der Waals surface area contributed by atoms with E-state index in [1.807, 2.05) is 45.3 Å². The van der Waals surface area contributed by atoms with Gasteiger partial charge in [0.1, 0.15) is 5.75 Å². The van der Waals surface area contributed by atoms with Crippen molar-refractivity contribution >= 4 is 11.6 Å². The molecule has 2 aromatic rings. The van der Waals surface area contributed by atoms with E-state index < -0.39 is 0 Å². The van der Waals surface area contributed by atoms with Crippen LogP contribution in [0, 0.1) is 0 Å². The highest BCUT2D eigenvalue weighted by molar-refractivity contribution is 6.32. The number of halogens is 1. The normalized spacial score (nSPS) is 11.4. The summed E-state index contributed by atoms with van der Waals surface area (Å²) in [6.45, 7) is 6.21. The highest BCUT2D eigenvalue weighted by atomic mass is 35.5. The van der Waals surface area contributed by atoms with E-state index in [9.17, 15) is 0 Å². The summed E-state index contributed by atoms with van der Waals surface area (Å²) in [5.41, 5.74) is 8.58. The molecule has 0 radical (unpaired) electrons. The maximum absolute atomic E-state index is 6.31. The smallest absolute Gasteiger partial charge is 0.138 e. The van der Waals surface area contributed by atoms with Crippen LogP contribution in [0.15, 0.2) is 24.4 Å². The number of benzene rings is 1. The predicted octanol–water partition coefficient (Wildman–Crippen LogP) is 2.91. The van der Waals surface area contributed by atoms with Crippen LogP contribution in [0.3, 0.4) is 0 Å². The van der Waals surface area contributed by atoms with E-state index in [0.29, 0.717) is 17.3 Å². The van der Waals surface area contributed by atoms with Crippen LogP contribution in [0.1, 0.15) is 19.4 Å². The number of H-pyrrole nitrogens is 1.